The molecule has 4 aliphatic rings. The number of aromatic hydroxyl groups is 1. The molecule has 0 spiro atoms. The lowest BCUT2D eigenvalue weighted by Crippen LogP contribution is -2.49. The van der Waals surface area contributed by atoms with E-state index in [1.165, 1.54) is 9.80 Å². The fourth-order valence-corrected chi connectivity index (χ4v) is 12.1. The number of carbonyl (C=O) groups is 4. The number of hydrogen-bond donors (Lipinski definition) is 1. The standard InChI is InChI=1S/C48H41BrClN7O5S/c1-24-33-21-26(50)7-19-39(33)63-43(24)37-23-40(55(5)53-37)57-45(60)36-22-34-31(42(48(36,2)47(57)62)35-20-25(49)6-18-38(35)58)16-17-32-41(34)46(61)56(44(32)59)30-14-10-28(11-15-30)52-51-27-8-12-29(13-9-27)54(3)4/h6-16,18-21,23,32,34,36,41-42,58H,17,22H2,1-5H3. The fraction of sp³-hybridized carbons (Fsp3) is 0.271. The molecule has 4 amide bonds. The van der Waals surface area contributed by atoms with Crippen molar-refractivity contribution in [1.29, 1.82) is 0 Å². The number of nitrogens with zero attached hydrogens (tertiary/aromatic N) is 7. The van der Waals surface area contributed by atoms with Gasteiger partial charge in [0.25, 0.3) is 0 Å². The first-order valence-electron chi connectivity index (χ1n) is 20.6. The van der Waals surface area contributed by atoms with E-state index in [9.17, 15) is 14.7 Å². The van der Waals surface area contributed by atoms with Gasteiger partial charge in [-0.3, -0.25) is 28.8 Å². The van der Waals surface area contributed by atoms with Crippen LogP contribution in [0, 0.1) is 36.0 Å². The molecule has 318 valence electrons. The summed E-state index contributed by atoms with van der Waals surface area (Å²) in [6, 6.07) is 27.1. The maximum Gasteiger partial charge on any atom is 0.242 e. The van der Waals surface area contributed by atoms with Crippen LogP contribution in [-0.2, 0) is 26.2 Å². The number of rotatable bonds is 7. The summed E-state index contributed by atoms with van der Waals surface area (Å²) < 4.78 is 3.28. The van der Waals surface area contributed by atoms with Crippen molar-refractivity contribution >= 4 is 101 Å². The Bertz CT molecular complexity index is 3000. The van der Waals surface area contributed by atoms with E-state index in [-0.39, 0.29) is 30.4 Å². The van der Waals surface area contributed by atoms with Gasteiger partial charge in [-0.15, -0.1) is 11.3 Å². The van der Waals surface area contributed by atoms with Gasteiger partial charge in [0.1, 0.15) is 17.3 Å². The topological polar surface area (TPSA) is 141 Å². The van der Waals surface area contributed by atoms with E-state index < -0.39 is 46.8 Å². The molecule has 0 radical (unpaired) electrons. The van der Waals surface area contributed by atoms with Crippen LogP contribution in [-0.4, -0.2) is 52.6 Å². The average molecular weight is 943 g/mol. The van der Waals surface area contributed by atoms with Crippen LogP contribution in [0.2, 0.25) is 5.02 Å². The normalized spacial score (nSPS) is 24.4. The first-order chi connectivity index (χ1) is 30.1. The van der Waals surface area contributed by atoms with Crippen LogP contribution < -0.4 is 14.7 Å². The second kappa shape index (κ2) is 15.1. The summed E-state index contributed by atoms with van der Waals surface area (Å²) >= 11 is 11.5. The van der Waals surface area contributed by atoms with Crippen LogP contribution >= 0.6 is 38.9 Å². The molecule has 10 rings (SSSR count). The lowest BCUT2D eigenvalue weighted by Gasteiger charge is -2.49. The second-order valence-electron chi connectivity index (χ2n) is 17.2. The summed E-state index contributed by atoms with van der Waals surface area (Å²) in [6.07, 6.45) is 2.40. The van der Waals surface area contributed by atoms with E-state index in [1.807, 2.05) is 74.5 Å². The molecule has 2 saturated heterocycles. The number of hydrogen-bond acceptors (Lipinski definition) is 10. The van der Waals surface area contributed by atoms with Crippen LogP contribution in [0.15, 0.2) is 117 Å². The summed E-state index contributed by atoms with van der Waals surface area (Å²) in [4.78, 5) is 64.7. The molecule has 6 atom stereocenters. The molecule has 12 nitrogen and oxygen atoms in total. The molecule has 63 heavy (non-hydrogen) atoms. The minimum atomic E-state index is -1.36. The van der Waals surface area contributed by atoms with Crippen molar-refractivity contribution < 1.29 is 24.3 Å². The third-order valence-corrected chi connectivity index (χ3v) is 15.6. The van der Waals surface area contributed by atoms with Crippen LogP contribution in [0.25, 0.3) is 20.7 Å². The minimum Gasteiger partial charge on any atom is -0.508 e. The van der Waals surface area contributed by atoms with E-state index >= 15 is 9.59 Å². The first kappa shape index (κ1) is 41.1. The van der Waals surface area contributed by atoms with Crippen molar-refractivity contribution in [3.05, 3.63) is 123 Å². The zero-order valence-corrected chi connectivity index (χ0v) is 38.1. The number of azo groups is 1. The summed E-state index contributed by atoms with van der Waals surface area (Å²) in [6.45, 7) is 3.80. The van der Waals surface area contributed by atoms with Crippen LogP contribution in [0.4, 0.5) is 28.6 Å². The molecule has 1 saturated carbocycles. The number of anilines is 3. The van der Waals surface area contributed by atoms with E-state index in [1.54, 1.807) is 78.5 Å². The van der Waals surface area contributed by atoms with Gasteiger partial charge in [-0.1, -0.05) is 39.2 Å². The zero-order valence-electron chi connectivity index (χ0n) is 34.9. The number of halogens is 2. The van der Waals surface area contributed by atoms with E-state index in [2.05, 4.69) is 26.2 Å². The molecule has 2 aliphatic heterocycles. The van der Waals surface area contributed by atoms with Gasteiger partial charge >= 0.3 is 0 Å². The smallest absolute Gasteiger partial charge is 0.242 e. The lowest BCUT2D eigenvalue weighted by atomic mass is 9.51. The molecule has 4 aromatic carbocycles. The number of phenolic OH excluding ortho intramolecular Hbond substituents is 1. The predicted octanol–water partition coefficient (Wildman–Crippen LogP) is 10.6. The molecular weight excluding hydrogens is 902 g/mol. The number of amides is 4. The van der Waals surface area contributed by atoms with E-state index in [0.29, 0.717) is 43.6 Å². The number of thiophene rings is 1. The van der Waals surface area contributed by atoms with Gasteiger partial charge in [0.15, 0.2) is 0 Å². The number of carbonyl (C=O) groups excluding carboxylic acids is 4. The van der Waals surface area contributed by atoms with Gasteiger partial charge in [0.05, 0.1) is 45.1 Å². The highest BCUT2D eigenvalue weighted by molar-refractivity contribution is 9.10. The minimum absolute atomic E-state index is 0.0352. The summed E-state index contributed by atoms with van der Waals surface area (Å²) in [5.74, 6) is -4.92. The number of fused-ring (bicyclic) bond motifs is 5. The Balaban J connectivity index is 0.993. The first-order valence-corrected chi connectivity index (χ1v) is 22.6. The van der Waals surface area contributed by atoms with Crippen LogP contribution in [0.1, 0.15) is 36.8 Å². The Morgan fingerprint density at radius 3 is 2.27 bits per heavy atom. The summed E-state index contributed by atoms with van der Waals surface area (Å²) in [5.41, 5.74) is 4.18. The Hall–Kier alpha value is -5.96. The lowest BCUT2D eigenvalue weighted by molar-refractivity contribution is -0.131. The fourth-order valence-electron chi connectivity index (χ4n) is 10.4. The van der Waals surface area contributed by atoms with Crippen molar-refractivity contribution in [2.24, 2.45) is 46.4 Å². The van der Waals surface area contributed by atoms with E-state index in [4.69, 9.17) is 16.7 Å². The highest BCUT2D eigenvalue weighted by Crippen LogP contribution is 2.64. The molecule has 3 fully saturated rings. The number of benzene rings is 4. The third-order valence-electron chi connectivity index (χ3n) is 13.5. The number of imide groups is 2. The number of allylic oxidation sites excluding steroid dienone is 2. The number of aromatic nitrogens is 2. The van der Waals surface area contributed by atoms with Crippen molar-refractivity contribution in [3.8, 4) is 16.3 Å². The van der Waals surface area contributed by atoms with Crippen molar-refractivity contribution in [3.63, 3.8) is 0 Å². The monoisotopic (exact) mass is 941 g/mol. The highest BCUT2D eigenvalue weighted by Gasteiger charge is 2.68. The van der Waals surface area contributed by atoms with Gasteiger partial charge in [-0.2, -0.15) is 15.3 Å². The number of phenols is 1. The largest absolute Gasteiger partial charge is 0.508 e. The molecule has 15 heteroatoms. The molecule has 6 aromatic rings. The Labute approximate surface area is 380 Å². The average Bonchev–Trinajstić information content (AvgIpc) is 3.94. The van der Waals surface area contributed by atoms with Crippen molar-refractivity contribution in [2.75, 3.05) is 28.8 Å². The Morgan fingerprint density at radius 1 is 0.873 bits per heavy atom. The van der Waals surface area contributed by atoms with Crippen LogP contribution in [0.3, 0.4) is 0 Å². The second-order valence-corrected chi connectivity index (χ2v) is 19.6. The Kier molecular flexibility index (Phi) is 9.84. The van der Waals surface area contributed by atoms with Gasteiger partial charge in [-0.05, 0) is 128 Å². The molecule has 4 heterocycles. The molecule has 1 N–H and O–H groups in total. The molecule has 0 bridgehead atoms. The maximum absolute atomic E-state index is 15.2. The van der Waals surface area contributed by atoms with Crippen molar-refractivity contribution in [2.45, 2.75) is 32.6 Å². The van der Waals surface area contributed by atoms with Gasteiger partial charge in [0, 0.05) is 58.6 Å². The van der Waals surface area contributed by atoms with E-state index in [0.717, 1.165) is 31.8 Å². The quantitative estimate of drug-likeness (QED) is 0.0954. The predicted molar refractivity (Wildman–Crippen MR) is 248 cm³/mol. The maximum atomic E-state index is 15.2. The highest BCUT2D eigenvalue weighted by atomic mass is 79.9. The molecular formula is C48H41BrClN7O5S. The summed E-state index contributed by atoms with van der Waals surface area (Å²) in [7, 11) is 5.64. The van der Waals surface area contributed by atoms with Crippen molar-refractivity contribution in [1.82, 2.24) is 9.78 Å². The zero-order chi connectivity index (χ0) is 44.2. The summed E-state index contributed by atoms with van der Waals surface area (Å²) in [5, 5.41) is 26.7. The number of aryl methyl sites for hydroxylation is 2. The SMILES string of the molecule is Cc1c(-c2cc(N3C(=O)C4CC5C(=CCC6C(=O)N(c7ccc(N=Nc8ccc(N(C)C)cc8)cc7)C(=O)C65)C(c5cc(Br)ccc5O)C4(C)C3=O)n(C)n2)sc2ccc(Cl)cc12. The van der Waals surface area contributed by atoms with Gasteiger partial charge < -0.3 is 10.0 Å². The third kappa shape index (κ3) is 6.39. The molecule has 2 aliphatic carbocycles. The van der Waals surface area contributed by atoms with Crippen LogP contribution in [0.5, 0.6) is 5.75 Å². The van der Waals surface area contributed by atoms with Gasteiger partial charge in [0.2, 0.25) is 23.6 Å². The molecule has 6 unspecified atom stereocenters. The molecule has 2 aromatic heterocycles. The van der Waals surface area contributed by atoms with Gasteiger partial charge in [-0.25, -0.2) is 4.90 Å². The Morgan fingerprint density at radius 2 is 1.57 bits per heavy atom.